The zero-order chi connectivity index (χ0) is 22.2. The predicted molar refractivity (Wildman–Crippen MR) is 123 cm³/mol. The Hall–Kier alpha value is -3.35. The molecule has 0 saturated carbocycles. The van der Waals surface area contributed by atoms with Crippen molar-refractivity contribution in [1.82, 2.24) is 5.43 Å². The molecular weight excluding hydrogens is 437 g/mol. The van der Waals surface area contributed by atoms with Gasteiger partial charge in [-0.25, -0.2) is 5.43 Å². The van der Waals surface area contributed by atoms with Gasteiger partial charge in [-0.3, -0.25) is 9.59 Å². The third-order valence-corrected chi connectivity index (χ3v) is 4.71. The second-order valence-electron chi connectivity index (χ2n) is 6.60. The number of rotatable bonds is 6. The summed E-state index contributed by atoms with van der Waals surface area (Å²) in [6.07, 6.45) is 1.43. The molecule has 8 heteroatoms. The lowest BCUT2D eigenvalue weighted by Crippen LogP contribution is -2.32. The van der Waals surface area contributed by atoms with Crippen LogP contribution in [0, 0.1) is 6.92 Å². The first-order valence-electron chi connectivity index (χ1n) is 9.28. The van der Waals surface area contributed by atoms with Gasteiger partial charge in [-0.1, -0.05) is 35.3 Å². The Morgan fingerprint density at radius 2 is 1.61 bits per heavy atom. The van der Waals surface area contributed by atoms with Crippen LogP contribution in [0.4, 0.5) is 5.69 Å². The topological polar surface area (TPSA) is 79.8 Å². The van der Waals surface area contributed by atoms with Crippen molar-refractivity contribution in [3.8, 4) is 5.75 Å². The Kier molecular flexibility index (Phi) is 7.65. The molecular formula is C23H19Cl2N3O3. The number of anilines is 1. The average molecular weight is 456 g/mol. The zero-order valence-corrected chi connectivity index (χ0v) is 18.1. The highest BCUT2D eigenvalue weighted by Gasteiger charge is 2.14. The number of hydrogen-bond acceptors (Lipinski definition) is 4. The Bertz CT molecular complexity index is 1100. The van der Waals surface area contributed by atoms with Crippen LogP contribution in [0.3, 0.4) is 0 Å². The minimum atomic E-state index is -0.881. The van der Waals surface area contributed by atoms with E-state index in [1.807, 2.05) is 24.3 Å². The molecule has 0 aromatic heterocycles. The number of carbonyl (C=O) groups excluding carboxylic acids is 2. The van der Waals surface area contributed by atoms with Crippen LogP contribution in [-0.4, -0.2) is 18.0 Å². The molecule has 0 spiro atoms. The fourth-order valence-corrected chi connectivity index (χ4v) is 2.91. The van der Waals surface area contributed by atoms with Crippen molar-refractivity contribution in [3.05, 3.63) is 93.5 Å². The molecule has 31 heavy (non-hydrogen) atoms. The van der Waals surface area contributed by atoms with Crippen molar-refractivity contribution in [3.63, 3.8) is 0 Å². The Labute approximate surface area is 189 Å². The standard InChI is InChI=1S/C23H19Cl2N3O3/c1-15-12-19(25)8-11-21(15)27-22(29)23(30)28-26-13-16-4-9-20(10-5-16)31-14-17-2-6-18(24)7-3-17/h2-13H,14H2,1H3,(H,27,29)(H,28,30)/b26-13+. The van der Waals surface area contributed by atoms with E-state index < -0.39 is 11.8 Å². The third-order valence-electron chi connectivity index (χ3n) is 4.22. The number of carbonyl (C=O) groups is 2. The molecule has 0 atom stereocenters. The molecule has 0 fully saturated rings. The molecule has 2 N–H and O–H groups in total. The lowest BCUT2D eigenvalue weighted by Gasteiger charge is -2.07. The Morgan fingerprint density at radius 3 is 2.29 bits per heavy atom. The molecule has 158 valence electrons. The van der Waals surface area contributed by atoms with Gasteiger partial charge in [0.1, 0.15) is 12.4 Å². The summed E-state index contributed by atoms with van der Waals surface area (Å²) < 4.78 is 5.72. The van der Waals surface area contributed by atoms with E-state index in [2.05, 4.69) is 15.8 Å². The lowest BCUT2D eigenvalue weighted by atomic mass is 10.2. The van der Waals surface area contributed by atoms with Crippen molar-refractivity contribution in [2.75, 3.05) is 5.32 Å². The second kappa shape index (κ2) is 10.6. The van der Waals surface area contributed by atoms with Gasteiger partial charge in [-0.15, -0.1) is 0 Å². The highest BCUT2D eigenvalue weighted by Crippen LogP contribution is 2.19. The molecule has 3 aromatic rings. The van der Waals surface area contributed by atoms with E-state index in [-0.39, 0.29) is 0 Å². The van der Waals surface area contributed by atoms with Crippen LogP contribution in [0.2, 0.25) is 10.0 Å². The Morgan fingerprint density at radius 1 is 0.935 bits per heavy atom. The van der Waals surface area contributed by atoms with Gasteiger partial charge in [0.15, 0.2) is 0 Å². The summed E-state index contributed by atoms with van der Waals surface area (Å²) >= 11 is 11.7. The van der Waals surface area contributed by atoms with Gasteiger partial charge in [0.25, 0.3) is 0 Å². The minimum absolute atomic E-state index is 0.420. The van der Waals surface area contributed by atoms with E-state index in [4.69, 9.17) is 27.9 Å². The van der Waals surface area contributed by atoms with Crippen LogP contribution in [0.5, 0.6) is 5.75 Å². The van der Waals surface area contributed by atoms with E-state index in [1.54, 1.807) is 49.4 Å². The molecule has 0 bridgehead atoms. The van der Waals surface area contributed by atoms with Crippen molar-refractivity contribution < 1.29 is 14.3 Å². The van der Waals surface area contributed by atoms with E-state index in [9.17, 15) is 9.59 Å². The van der Waals surface area contributed by atoms with Crippen molar-refractivity contribution in [2.45, 2.75) is 13.5 Å². The molecule has 0 heterocycles. The quantitative estimate of drug-likeness (QED) is 0.312. The lowest BCUT2D eigenvalue weighted by molar-refractivity contribution is -0.136. The minimum Gasteiger partial charge on any atom is -0.489 e. The maximum atomic E-state index is 12.0. The summed E-state index contributed by atoms with van der Waals surface area (Å²) in [4.78, 5) is 23.9. The molecule has 0 saturated heterocycles. The summed E-state index contributed by atoms with van der Waals surface area (Å²) in [5, 5.41) is 7.55. The van der Waals surface area contributed by atoms with Crippen LogP contribution in [0.15, 0.2) is 71.8 Å². The fraction of sp³-hybridized carbons (Fsp3) is 0.0870. The van der Waals surface area contributed by atoms with Crippen molar-refractivity contribution >= 4 is 46.9 Å². The summed E-state index contributed by atoms with van der Waals surface area (Å²) in [7, 11) is 0. The molecule has 3 rings (SSSR count). The highest BCUT2D eigenvalue weighted by atomic mass is 35.5. The van der Waals surface area contributed by atoms with E-state index in [0.29, 0.717) is 28.1 Å². The van der Waals surface area contributed by atoms with E-state index >= 15 is 0 Å². The number of hydrazone groups is 1. The molecule has 0 unspecified atom stereocenters. The SMILES string of the molecule is Cc1cc(Cl)ccc1NC(=O)C(=O)N/N=C/c1ccc(OCc2ccc(Cl)cc2)cc1. The van der Waals surface area contributed by atoms with Crippen LogP contribution in [0.25, 0.3) is 0 Å². The van der Waals surface area contributed by atoms with Crippen LogP contribution >= 0.6 is 23.2 Å². The van der Waals surface area contributed by atoms with Gasteiger partial charge >= 0.3 is 11.8 Å². The second-order valence-corrected chi connectivity index (χ2v) is 7.47. The first-order valence-corrected chi connectivity index (χ1v) is 10.0. The molecule has 3 aromatic carbocycles. The van der Waals surface area contributed by atoms with Crippen LogP contribution in [0.1, 0.15) is 16.7 Å². The molecule has 0 radical (unpaired) electrons. The monoisotopic (exact) mass is 455 g/mol. The van der Waals surface area contributed by atoms with Crippen molar-refractivity contribution in [1.29, 1.82) is 0 Å². The fourth-order valence-electron chi connectivity index (χ4n) is 2.56. The van der Waals surface area contributed by atoms with Gasteiger partial charge in [0.05, 0.1) is 6.21 Å². The smallest absolute Gasteiger partial charge is 0.329 e. The highest BCUT2D eigenvalue weighted by molar-refractivity contribution is 6.39. The van der Waals surface area contributed by atoms with Crippen molar-refractivity contribution in [2.24, 2.45) is 5.10 Å². The number of nitrogens with one attached hydrogen (secondary N) is 2. The summed E-state index contributed by atoms with van der Waals surface area (Å²) in [6, 6.07) is 19.5. The number of aryl methyl sites for hydroxylation is 1. The molecule has 0 aliphatic heterocycles. The van der Waals surface area contributed by atoms with E-state index in [1.165, 1.54) is 6.21 Å². The number of halogens is 2. The molecule has 0 aliphatic rings. The van der Waals surface area contributed by atoms with Gasteiger partial charge in [-0.05, 0) is 78.2 Å². The predicted octanol–water partition coefficient (Wildman–Crippen LogP) is 4.97. The Balaban J connectivity index is 1.48. The van der Waals surface area contributed by atoms with Gasteiger partial charge in [0, 0.05) is 15.7 Å². The van der Waals surface area contributed by atoms with Crippen LogP contribution < -0.4 is 15.5 Å². The number of benzene rings is 3. The number of hydrogen-bond donors (Lipinski definition) is 2. The largest absolute Gasteiger partial charge is 0.489 e. The summed E-state index contributed by atoms with van der Waals surface area (Å²) in [5.41, 5.74) is 5.18. The van der Waals surface area contributed by atoms with E-state index in [0.717, 1.165) is 16.7 Å². The first kappa shape index (κ1) is 22.3. The number of nitrogens with zero attached hydrogens (tertiary/aromatic N) is 1. The maximum absolute atomic E-state index is 12.0. The number of amides is 2. The first-order chi connectivity index (χ1) is 14.9. The number of ether oxygens (including phenoxy) is 1. The zero-order valence-electron chi connectivity index (χ0n) is 16.6. The normalized spacial score (nSPS) is 10.7. The molecule has 6 nitrogen and oxygen atoms in total. The van der Waals surface area contributed by atoms with Gasteiger partial charge < -0.3 is 10.1 Å². The molecule has 2 amide bonds. The summed E-state index contributed by atoms with van der Waals surface area (Å²) in [6.45, 7) is 2.20. The summed E-state index contributed by atoms with van der Waals surface area (Å²) in [5.74, 6) is -1.02. The maximum Gasteiger partial charge on any atom is 0.329 e. The third kappa shape index (κ3) is 6.84. The average Bonchev–Trinajstić information content (AvgIpc) is 2.76. The van der Waals surface area contributed by atoms with Gasteiger partial charge in [-0.2, -0.15) is 5.10 Å². The van der Waals surface area contributed by atoms with Gasteiger partial charge in [0.2, 0.25) is 0 Å². The molecule has 0 aliphatic carbocycles. The van der Waals surface area contributed by atoms with Crippen LogP contribution in [-0.2, 0) is 16.2 Å².